The zero-order valence-corrected chi connectivity index (χ0v) is 15.6. The predicted molar refractivity (Wildman–Crippen MR) is 97.5 cm³/mol. The number of amides is 1. The summed E-state index contributed by atoms with van der Waals surface area (Å²) in [5.74, 6) is 1.33. The first-order valence-corrected chi connectivity index (χ1v) is 9.44. The van der Waals surface area contributed by atoms with Crippen molar-refractivity contribution in [3.63, 3.8) is 0 Å². The minimum atomic E-state index is -0.266. The van der Waals surface area contributed by atoms with E-state index in [-0.39, 0.29) is 11.3 Å². The van der Waals surface area contributed by atoms with Crippen LogP contribution in [0.25, 0.3) is 11.5 Å². The predicted octanol–water partition coefficient (Wildman–Crippen LogP) is 1.59. The average molecular weight is 371 g/mol. The van der Waals surface area contributed by atoms with Crippen LogP contribution in [0.3, 0.4) is 0 Å². The molecule has 2 aliphatic heterocycles. The van der Waals surface area contributed by atoms with Crippen molar-refractivity contribution in [2.24, 2.45) is 5.41 Å². The van der Waals surface area contributed by atoms with Crippen molar-refractivity contribution < 1.29 is 13.9 Å². The van der Waals surface area contributed by atoms with Crippen LogP contribution >= 0.6 is 0 Å². The highest BCUT2D eigenvalue weighted by Crippen LogP contribution is 2.40. The highest BCUT2D eigenvalue weighted by Gasteiger charge is 2.48. The summed E-state index contributed by atoms with van der Waals surface area (Å²) in [6.45, 7) is 4.29. The van der Waals surface area contributed by atoms with Crippen LogP contribution in [0.15, 0.2) is 28.9 Å². The quantitative estimate of drug-likeness (QED) is 0.762. The van der Waals surface area contributed by atoms with Crippen LogP contribution < -0.4 is 0 Å². The number of hydrogen-bond acceptors (Lipinski definition) is 7. The van der Waals surface area contributed by atoms with Gasteiger partial charge in [-0.25, -0.2) is 0 Å². The molecule has 2 saturated heterocycles. The van der Waals surface area contributed by atoms with E-state index >= 15 is 0 Å². The fraction of sp³-hybridized carbons (Fsp3) is 0.579. The fourth-order valence-corrected chi connectivity index (χ4v) is 4.15. The Hall–Kier alpha value is -2.32. The lowest BCUT2D eigenvalue weighted by atomic mass is 9.78. The Labute approximate surface area is 158 Å². The molecule has 0 N–H and O–H groups in total. The number of likely N-dealkylation sites (tertiary alicyclic amines) is 2. The largest absolute Gasteiger partial charge is 0.419 e. The van der Waals surface area contributed by atoms with Gasteiger partial charge in [0.25, 0.3) is 0 Å². The molecule has 27 heavy (non-hydrogen) atoms. The van der Waals surface area contributed by atoms with Gasteiger partial charge in [-0.3, -0.25) is 14.7 Å². The number of hydrogen-bond donors (Lipinski definition) is 0. The Morgan fingerprint density at radius 3 is 3.04 bits per heavy atom. The standard InChI is InChI=1S/C19H25N5O3/c1-26-11-10-24-8-3-5-19(18(24)25)6-9-23(14-19)13-16-21-22-17(27-16)15-4-2-7-20-12-15/h2,4,7,12H,3,5-6,8-11,13-14H2,1H3/t19-/m1/s1. The number of rotatable bonds is 6. The number of carbonyl (C=O) groups excluding carboxylic acids is 1. The van der Waals surface area contributed by atoms with Crippen molar-refractivity contribution in [1.29, 1.82) is 0 Å². The van der Waals surface area contributed by atoms with Gasteiger partial charge in [0.15, 0.2) is 0 Å². The normalized spacial score (nSPS) is 23.4. The minimum absolute atomic E-state index is 0.266. The van der Waals surface area contributed by atoms with E-state index in [0.717, 1.165) is 44.5 Å². The van der Waals surface area contributed by atoms with Gasteiger partial charge in [-0.2, -0.15) is 0 Å². The number of ether oxygens (including phenoxy) is 1. The smallest absolute Gasteiger partial charge is 0.249 e. The van der Waals surface area contributed by atoms with E-state index in [9.17, 15) is 4.79 Å². The third-order valence-corrected chi connectivity index (χ3v) is 5.56. The van der Waals surface area contributed by atoms with E-state index in [1.54, 1.807) is 19.5 Å². The minimum Gasteiger partial charge on any atom is -0.419 e. The van der Waals surface area contributed by atoms with Gasteiger partial charge in [0, 0.05) is 39.1 Å². The van der Waals surface area contributed by atoms with Gasteiger partial charge >= 0.3 is 0 Å². The Balaban J connectivity index is 1.40. The van der Waals surface area contributed by atoms with Crippen molar-refractivity contribution in [2.75, 3.05) is 39.9 Å². The van der Waals surface area contributed by atoms with Gasteiger partial charge in [-0.1, -0.05) is 0 Å². The maximum atomic E-state index is 13.0. The van der Waals surface area contributed by atoms with Crippen molar-refractivity contribution >= 4 is 5.91 Å². The lowest BCUT2D eigenvalue weighted by Crippen LogP contribution is -2.50. The first-order valence-electron chi connectivity index (χ1n) is 9.44. The third-order valence-electron chi connectivity index (χ3n) is 5.56. The van der Waals surface area contributed by atoms with E-state index < -0.39 is 0 Å². The monoisotopic (exact) mass is 371 g/mol. The van der Waals surface area contributed by atoms with Crippen molar-refractivity contribution in [3.05, 3.63) is 30.4 Å². The summed E-state index contributed by atoms with van der Waals surface area (Å²) in [6.07, 6.45) is 6.31. The molecule has 0 bridgehead atoms. The molecular weight excluding hydrogens is 346 g/mol. The Morgan fingerprint density at radius 1 is 1.30 bits per heavy atom. The van der Waals surface area contributed by atoms with Crippen LogP contribution in [0.2, 0.25) is 0 Å². The van der Waals surface area contributed by atoms with Crippen LogP contribution in [0.1, 0.15) is 25.2 Å². The molecule has 1 amide bonds. The van der Waals surface area contributed by atoms with E-state index in [1.165, 1.54) is 0 Å². The number of methoxy groups -OCH3 is 1. The van der Waals surface area contributed by atoms with Crippen molar-refractivity contribution in [3.8, 4) is 11.5 Å². The van der Waals surface area contributed by atoms with Crippen molar-refractivity contribution in [2.45, 2.75) is 25.8 Å². The molecule has 0 unspecified atom stereocenters. The molecule has 2 aromatic heterocycles. The Bertz CT molecular complexity index is 781. The zero-order valence-electron chi connectivity index (χ0n) is 15.6. The van der Waals surface area contributed by atoms with Crippen molar-refractivity contribution in [1.82, 2.24) is 25.0 Å². The van der Waals surface area contributed by atoms with Crippen LogP contribution in [-0.4, -0.2) is 70.8 Å². The second-order valence-electron chi connectivity index (χ2n) is 7.37. The number of pyridine rings is 1. The molecule has 4 rings (SSSR count). The topological polar surface area (TPSA) is 84.6 Å². The lowest BCUT2D eigenvalue weighted by Gasteiger charge is -2.39. The molecule has 4 heterocycles. The summed E-state index contributed by atoms with van der Waals surface area (Å²) in [7, 11) is 1.67. The average Bonchev–Trinajstić information content (AvgIpc) is 3.32. The Kier molecular flexibility index (Phi) is 5.18. The summed E-state index contributed by atoms with van der Waals surface area (Å²) in [4.78, 5) is 21.3. The molecule has 0 saturated carbocycles. The molecule has 2 aliphatic rings. The third kappa shape index (κ3) is 3.72. The fourth-order valence-electron chi connectivity index (χ4n) is 4.15. The number of aromatic nitrogens is 3. The van der Waals surface area contributed by atoms with Crippen LogP contribution in [-0.2, 0) is 16.1 Å². The number of nitrogens with zero attached hydrogens (tertiary/aromatic N) is 5. The summed E-state index contributed by atoms with van der Waals surface area (Å²) < 4.78 is 10.9. The lowest BCUT2D eigenvalue weighted by molar-refractivity contribution is -0.146. The van der Waals surface area contributed by atoms with E-state index in [2.05, 4.69) is 20.1 Å². The first kappa shape index (κ1) is 18.1. The zero-order chi connectivity index (χ0) is 18.7. The highest BCUT2D eigenvalue weighted by atomic mass is 16.5. The van der Waals surface area contributed by atoms with Gasteiger partial charge in [-0.15, -0.1) is 10.2 Å². The van der Waals surface area contributed by atoms with Gasteiger partial charge in [0.2, 0.25) is 17.7 Å². The van der Waals surface area contributed by atoms with E-state index in [1.807, 2.05) is 17.0 Å². The molecule has 1 spiro atoms. The van der Waals surface area contributed by atoms with Crippen LogP contribution in [0, 0.1) is 5.41 Å². The second kappa shape index (κ2) is 7.74. The maximum absolute atomic E-state index is 13.0. The van der Waals surface area contributed by atoms with Gasteiger partial charge < -0.3 is 14.1 Å². The summed E-state index contributed by atoms with van der Waals surface area (Å²) >= 11 is 0. The van der Waals surface area contributed by atoms with Crippen LogP contribution in [0.5, 0.6) is 0 Å². The second-order valence-corrected chi connectivity index (χ2v) is 7.37. The molecule has 2 aromatic rings. The number of piperidine rings is 1. The van der Waals surface area contributed by atoms with Crippen LogP contribution in [0.4, 0.5) is 0 Å². The molecule has 144 valence electrons. The first-order chi connectivity index (χ1) is 13.2. The Morgan fingerprint density at radius 2 is 2.22 bits per heavy atom. The highest BCUT2D eigenvalue weighted by molar-refractivity contribution is 5.84. The SMILES string of the molecule is COCCN1CCC[C@]2(CCN(Cc3nnc(-c4cccnc4)o3)C2)C1=O. The van der Waals surface area contributed by atoms with Gasteiger partial charge in [-0.05, 0) is 37.9 Å². The van der Waals surface area contributed by atoms with E-state index in [0.29, 0.717) is 31.5 Å². The number of carbonyl (C=O) groups is 1. The van der Waals surface area contributed by atoms with Gasteiger partial charge in [0.05, 0.1) is 24.1 Å². The summed E-state index contributed by atoms with van der Waals surface area (Å²) in [5.41, 5.74) is 0.545. The molecule has 2 fully saturated rings. The molecule has 0 radical (unpaired) electrons. The van der Waals surface area contributed by atoms with E-state index in [4.69, 9.17) is 9.15 Å². The molecule has 8 nitrogen and oxygen atoms in total. The molecule has 1 atom stereocenters. The molecule has 0 aromatic carbocycles. The summed E-state index contributed by atoms with van der Waals surface area (Å²) in [6, 6.07) is 3.73. The molecular formula is C19H25N5O3. The summed E-state index contributed by atoms with van der Waals surface area (Å²) in [5, 5.41) is 8.29. The maximum Gasteiger partial charge on any atom is 0.249 e. The van der Waals surface area contributed by atoms with Gasteiger partial charge in [0.1, 0.15) is 0 Å². The molecule has 8 heteroatoms. The molecule has 0 aliphatic carbocycles.